The molecule has 226 valence electrons. The lowest BCUT2D eigenvalue weighted by molar-refractivity contribution is -0.384. The Morgan fingerprint density at radius 3 is 2.33 bits per heavy atom. The van der Waals surface area contributed by atoms with Crippen LogP contribution in [0.5, 0.6) is 0 Å². The number of benzene rings is 3. The summed E-state index contributed by atoms with van der Waals surface area (Å²) in [5.74, 6) is -2.27. The van der Waals surface area contributed by atoms with Crippen molar-refractivity contribution in [2.24, 2.45) is 5.73 Å². The molecule has 0 aromatic heterocycles. The number of amides is 4. The molecule has 14 heteroatoms. The first-order valence-electron chi connectivity index (χ1n) is 13.6. The summed E-state index contributed by atoms with van der Waals surface area (Å²) in [5.41, 5.74) is 5.62. The highest BCUT2D eigenvalue weighted by atomic mass is 35.5. The third-order valence-corrected chi connectivity index (χ3v) is 7.42. The summed E-state index contributed by atoms with van der Waals surface area (Å²) in [4.78, 5) is 70.0. The van der Waals surface area contributed by atoms with Crippen molar-refractivity contribution in [3.05, 3.63) is 80.9 Å². The van der Waals surface area contributed by atoms with Crippen LogP contribution in [0.4, 0.5) is 11.4 Å². The predicted octanol–water partition coefficient (Wildman–Crippen LogP) is 1.64. The molecule has 5 rings (SSSR count). The van der Waals surface area contributed by atoms with E-state index in [2.05, 4.69) is 15.5 Å². The Labute approximate surface area is 253 Å². The number of anilines is 1. The van der Waals surface area contributed by atoms with Gasteiger partial charge in [-0.2, -0.15) is 0 Å². The van der Waals surface area contributed by atoms with Crippen molar-refractivity contribution in [1.82, 2.24) is 20.4 Å². The number of hydrogen-bond acceptors (Lipinski definition) is 9. The molecule has 13 nitrogen and oxygen atoms in total. The molecule has 1 fully saturated rings. The normalized spacial score (nSPS) is 14.9. The fourth-order valence-electron chi connectivity index (χ4n) is 5.21. The summed E-state index contributed by atoms with van der Waals surface area (Å²) < 4.78 is 0. The van der Waals surface area contributed by atoms with Gasteiger partial charge in [0.25, 0.3) is 29.3 Å². The molecular formula is C29H32ClN7O6. The smallest absolute Gasteiger partial charge is 0.270 e. The van der Waals surface area contributed by atoms with Gasteiger partial charge in [0, 0.05) is 86.6 Å². The quantitative estimate of drug-likeness (QED) is 0.141. The van der Waals surface area contributed by atoms with Gasteiger partial charge in [0.1, 0.15) is 0 Å². The maximum atomic E-state index is 13.8. The zero-order chi connectivity index (χ0) is 30.0. The van der Waals surface area contributed by atoms with Crippen molar-refractivity contribution in [2.45, 2.75) is 0 Å². The van der Waals surface area contributed by atoms with Crippen molar-refractivity contribution < 1.29 is 24.1 Å². The van der Waals surface area contributed by atoms with Gasteiger partial charge >= 0.3 is 0 Å². The molecule has 4 amide bonds. The first kappa shape index (κ1) is 31.5. The number of piperazine rings is 1. The third-order valence-electron chi connectivity index (χ3n) is 7.42. The molecule has 2 heterocycles. The first-order chi connectivity index (χ1) is 20.2. The van der Waals surface area contributed by atoms with E-state index in [-0.39, 0.29) is 58.5 Å². The molecule has 4 N–H and O–H groups in total. The van der Waals surface area contributed by atoms with Crippen molar-refractivity contribution in [1.29, 1.82) is 0 Å². The minimum atomic E-state index is -0.783. The Morgan fingerprint density at radius 1 is 0.930 bits per heavy atom. The monoisotopic (exact) mass is 609 g/mol. The number of nitrogens with zero attached hydrogens (tertiary/aromatic N) is 4. The van der Waals surface area contributed by atoms with Crippen LogP contribution in [-0.4, -0.2) is 97.8 Å². The fraction of sp³-hybridized carbons (Fsp3) is 0.310. The van der Waals surface area contributed by atoms with Crippen molar-refractivity contribution in [3.8, 4) is 0 Å². The van der Waals surface area contributed by atoms with Crippen LogP contribution in [0.1, 0.15) is 41.4 Å². The lowest BCUT2D eigenvalue weighted by atomic mass is 9.92. The average Bonchev–Trinajstić information content (AvgIpc) is 2.99. The Morgan fingerprint density at radius 2 is 1.63 bits per heavy atom. The van der Waals surface area contributed by atoms with E-state index < -0.39 is 22.6 Å². The van der Waals surface area contributed by atoms with Gasteiger partial charge in [-0.1, -0.05) is 12.1 Å². The van der Waals surface area contributed by atoms with E-state index in [4.69, 9.17) is 5.73 Å². The van der Waals surface area contributed by atoms with Gasteiger partial charge in [-0.25, -0.2) is 4.90 Å². The number of nitrogens with one attached hydrogen (secondary N) is 2. The van der Waals surface area contributed by atoms with E-state index in [0.717, 1.165) is 11.0 Å². The lowest BCUT2D eigenvalue weighted by Crippen LogP contribution is -2.47. The second kappa shape index (κ2) is 13.3. The molecule has 0 saturated carbocycles. The van der Waals surface area contributed by atoms with Crippen LogP contribution in [0.3, 0.4) is 0 Å². The molecule has 3 aromatic rings. The van der Waals surface area contributed by atoms with E-state index in [1.165, 1.54) is 24.3 Å². The van der Waals surface area contributed by atoms with Gasteiger partial charge in [-0.3, -0.25) is 29.3 Å². The van der Waals surface area contributed by atoms with E-state index in [0.29, 0.717) is 56.6 Å². The maximum Gasteiger partial charge on any atom is 0.270 e. The van der Waals surface area contributed by atoms with Crippen LogP contribution < -0.4 is 21.3 Å². The molecular weight excluding hydrogens is 578 g/mol. The van der Waals surface area contributed by atoms with Gasteiger partial charge in [0.05, 0.1) is 16.2 Å². The first-order valence-corrected chi connectivity index (χ1v) is 13.6. The highest BCUT2D eigenvalue weighted by Gasteiger charge is 2.36. The molecule has 0 aliphatic carbocycles. The molecule has 0 atom stereocenters. The number of hydrogen-bond donors (Lipinski definition) is 3. The third kappa shape index (κ3) is 6.34. The maximum absolute atomic E-state index is 13.8. The number of nitro benzene ring substituents is 1. The second-order valence-corrected chi connectivity index (χ2v) is 10.3. The zero-order valence-corrected chi connectivity index (χ0v) is 24.3. The van der Waals surface area contributed by atoms with Gasteiger partial charge in [0.15, 0.2) is 0 Å². The molecule has 0 bridgehead atoms. The summed E-state index contributed by atoms with van der Waals surface area (Å²) in [6, 6.07) is 11.4. The molecule has 3 aromatic carbocycles. The van der Waals surface area contributed by atoms with E-state index in [9.17, 15) is 29.3 Å². The Hall–Kier alpha value is -4.43. The number of rotatable bonds is 9. The lowest BCUT2D eigenvalue weighted by Gasteiger charge is -2.33. The summed E-state index contributed by atoms with van der Waals surface area (Å²) in [6.07, 6.45) is 0. The van der Waals surface area contributed by atoms with Crippen LogP contribution in [0.2, 0.25) is 0 Å². The average molecular weight is 610 g/mol. The summed E-state index contributed by atoms with van der Waals surface area (Å²) in [7, 11) is 1.96. The molecule has 43 heavy (non-hydrogen) atoms. The number of carbonyl (C=O) groups excluding carboxylic acids is 4. The molecule has 0 radical (unpaired) electrons. The van der Waals surface area contributed by atoms with Crippen molar-refractivity contribution >= 4 is 58.2 Å². The van der Waals surface area contributed by atoms with Gasteiger partial charge in [-0.15, -0.1) is 12.4 Å². The van der Waals surface area contributed by atoms with Gasteiger partial charge < -0.3 is 26.2 Å². The fourth-order valence-corrected chi connectivity index (χ4v) is 5.21. The van der Waals surface area contributed by atoms with E-state index in [1.807, 2.05) is 7.05 Å². The van der Waals surface area contributed by atoms with Crippen LogP contribution in [0, 0.1) is 10.1 Å². The largest absolute Gasteiger partial charge is 0.351 e. The van der Waals surface area contributed by atoms with Crippen LogP contribution in [-0.2, 0) is 0 Å². The highest BCUT2D eigenvalue weighted by molar-refractivity contribution is 6.36. The molecule has 1 saturated heterocycles. The Bertz CT molecular complexity index is 1610. The molecule has 0 unspecified atom stereocenters. The van der Waals surface area contributed by atoms with Crippen molar-refractivity contribution in [2.75, 3.05) is 64.3 Å². The van der Waals surface area contributed by atoms with Crippen LogP contribution in [0.15, 0.2) is 48.5 Å². The van der Waals surface area contributed by atoms with Crippen molar-refractivity contribution in [3.63, 3.8) is 0 Å². The number of non-ortho nitro benzene ring substituents is 1. The number of nitrogens with two attached hydrogens (primary N) is 1. The summed E-state index contributed by atoms with van der Waals surface area (Å²) in [6.45, 7) is 4.10. The van der Waals surface area contributed by atoms with Gasteiger partial charge in [0.2, 0.25) is 0 Å². The summed E-state index contributed by atoms with van der Waals surface area (Å²) >= 11 is 0. The Balaban J connectivity index is 0.00000423. The predicted molar refractivity (Wildman–Crippen MR) is 163 cm³/mol. The minimum Gasteiger partial charge on any atom is -0.351 e. The number of carbonyl (C=O) groups is 4. The zero-order valence-electron chi connectivity index (χ0n) is 23.5. The number of nitro groups is 1. The number of halogens is 1. The minimum absolute atomic E-state index is 0. The molecule has 2 aliphatic rings. The van der Waals surface area contributed by atoms with Gasteiger partial charge in [-0.05, 0) is 36.7 Å². The molecule has 2 aliphatic heterocycles. The SMILES string of the molecule is CN1CCN(C(=O)c2cc(C(=O)NCCNCCN)cc(N3C(=O)c4cccc5cc([N+](=O)[O-])cc(c45)C3=O)c2)CC1.Cl. The van der Waals surface area contributed by atoms with E-state index in [1.54, 1.807) is 23.1 Å². The Kier molecular flexibility index (Phi) is 9.71. The highest BCUT2D eigenvalue weighted by Crippen LogP contribution is 2.36. The number of likely N-dealkylation sites (N-methyl/N-ethyl adjacent to an activating group) is 1. The van der Waals surface area contributed by atoms with Crippen LogP contribution >= 0.6 is 12.4 Å². The number of imide groups is 1. The summed E-state index contributed by atoms with van der Waals surface area (Å²) in [5, 5.41) is 18.2. The topological polar surface area (TPSA) is 171 Å². The van der Waals surface area contributed by atoms with Crippen LogP contribution in [0.25, 0.3) is 10.8 Å². The van der Waals surface area contributed by atoms with E-state index >= 15 is 0 Å². The standard InChI is InChI=1S/C29H31N7O6.ClH/c1-33-9-11-34(12-10-33)27(38)20-13-19(26(37)32-8-7-31-6-5-30)15-21(16-20)35-28(39)23-4-2-3-18-14-22(36(41)42)17-24(25(18)23)29(35)40;/h2-4,13-17,31H,5-12,30H2,1H3,(H,32,37);1H. The molecule has 0 spiro atoms. The second-order valence-electron chi connectivity index (χ2n) is 10.3.